The van der Waals surface area contributed by atoms with Gasteiger partial charge in [-0.25, -0.2) is 4.98 Å². The molecule has 0 amide bonds. The highest BCUT2D eigenvalue weighted by molar-refractivity contribution is 7.11. The summed E-state index contributed by atoms with van der Waals surface area (Å²) in [6.45, 7) is 3.59. The quantitative estimate of drug-likeness (QED) is 0.921. The van der Waals surface area contributed by atoms with Gasteiger partial charge in [0.05, 0.1) is 5.01 Å². The first-order valence-electron chi connectivity index (χ1n) is 7.63. The number of aliphatic hydroxyl groups excluding tert-OH is 1. The van der Waals surface area contributed by atoms with Crippen LogP contribution < -0.4 is 0 Å². The van der Waals surface area contributed by atoms with E-state index >= 15 is 0 Å². The van der Waals surface area contributed by atoms with Crippen LogP contribution >= 0.6 is 11.3 Å². The Morgan fingerprint density at radius 3 is 2.89 bits per heavy atom. The van der Waals surface area contributed by atoms with E-state index in [1.807, 2.05) is 11.3 Å². The fraction of sp³-hybridized carbons (Fsp3) is 0.800. The lowest BCUT2D eigenvalue weighted by atomic mass is 9.99. The lowest BCUT2D eigenvalue weighted by Crippen LogP contribution is -2.36. The van der Waals surface area contributed by atoms with Gasteiger partial charge in [-0.2, -0.15) is 0 Å². The van der Waals surface area contributed by atoms with E-state index in [-0.39, 0.29) is 0 Å². The van der Waals surface area contributed by atoms with Crippen LogP contribution in [0.4, 0.5) is 0 Å². The maximum Gasteiger partial charge on any atom is 0.0959 e. The van der Waals surface area contributed by atoms with Crippen molar-refractivity contribution in [2.24, 2.45) is 5.92 Å². The summed E-state index contributed by atoms with van der Waals surface area (Å²) >= 11 is 1.92. The van der Waals surface area contributed by atoms with Crippen molar-refractivity contribution in [3.8, 4) is 0 Å². The maximum atomic E-state index is 9.29. The average molecular weight is 280 g/mol. The van der Waals surface area contributed by atoms with Crippen LogP contribution in [0, 0.1) is 5.92 Å². The van der Waals surface area contributed by atoms with Crippen LogP contribution in [0.15, 0.2) is 6.20 Å². The topological polar surface area (TPSA) is 36.4 Å². The van der Waals surface area contributed by atoms with Crippen LogP contribution in [0.1, 0.15) is 54.3 Å². The van der Waals surface area contributed by atoms with Crippen molar-refractivity contribution < 1.29 is 5.11 Å². The molecule has 3 rings (SSSR count). The lowest BCUT2D eigenvalue weighted by molar-refractivity contribution is 0.116. The zero-order valence-corrected chi connectivity index (χ0v) is 12.4. The van der Waals surface area contributed by atoms with Crippen LogP contribution in [0.5, 0.6) is 0 Å². The summed E-state index contributed by atoms with van der Waals surface area (Å²) in [4.78, 5) is 8.53. The van der Waals surface area contributed by atoms with Crippen LogP contribution in [-0.2, 0) is 6.54 Å². The minimum atomic E-state index is 0.340. The molecule has 1 atom stereocenters. The summed E-state index contributed by atoms with van der Waals surface area (Å²) in [6, 6.07) is 0. The number of thiazole rings is 1. The largest absolute Gasteiger partial charge is 0.396 e. The van der Waals surface area contributed by atoms with Crippen molar-refractivity contribution >= 4 is 11.3 Å². The molecule has 0 radical (unpaired) electrons. The monoisotopic (exact) mass is 280 g/mol. The molecule has 3 nitrogen and oxygen atoms in total. The molecule has 1 saturated carbocycles. The molecule has 1 aromatic heterocycles. The molecule has 1 saturated heterocycles. The van der Waals surface area contributed by atoms with E-state index in [1.165, 1.54) is 55.0 Å². The fourth-order valence-electron chi connectivity index (χ4n) is 3.42. The Morgan fingerprint density at radius 1 is 1.26 bits per heavy atom. The van der Waals surface area contributed by atoms with Gasteiger partial charge in [-0.1, -0.05) is 12.8 Å². The van der Waals surface area contributed by atoms with Gasteiger partial charge in [0, 0.05) is 36.7 Å². The summed E-state index contributed by atoms with van der Waals surface area (Å²) in [5.74, 6) is 1.22. The van der Waals surface area contributed by atoms with Crippen molar-refractivity contribution in [3.05, 3.63) is 16.1 Å². The number of hydrogen-bond acceptors (Lipinski definition) is 4. The first-order chi connectivity index (χ1) is 9.35. The van der Waals surface area contributed by atoms with Gasteiger partial charge in [0.15, 0.2) is 0 Å². The third-order valence-electron chi connectivity index (χ3n) is 4.52. The normalized spacial score (nSPS) is 26.1. The molecular weight excluding hydrogens is 256 g/mol. The van der Waals surface area contributed by atoms with Gasteiger partial charge in [-0.15, -0.1) is 11.3 Å². The van der Waals surface area contributed by atoms with Gasteiger partial charge in [-0.3, -0.25) is 4.90 Å². The van der Waals surface area contributed by atoms with E-state index in [0.717, 1.165) is 19.0 Å². The predicted octanol–water partition coefficient (Wildman–Crippen LogP) is 3.01. The molecule has 0 spiro atoms. The molecule has 1 unspecified atom stereocenters. The highest BCUT2D eigenvalue weighted by Gasteiger charge is 2.22. The Bertz CT molecular complexity index is 401. The molecule has 1 aromatic rings. The van der Waals surface area contributed by atoms with Gasteiger partial charge in [0.1, 0.15) is 0 Å². The number of aliphatic hydroxyl groups is 1. The van der Waals surface area contributed by atoms with Gasteiger partial charge >= 0.3 is 0 Å². The molecule has 0 aromatic carbocycles. The minimum absolute atomic E-state index is 0.340. The zero-order chi connectivity index (χ0) is 13.1. The first-order valence-corrected chi connectivity index (χ1v) is 8.44. The highest BCUT2D eigenvalue weighted by atomic mass is 32.1. The Hall–Kier alpha value is -0.450. The van der Waals surface area contributed by atoms with Gasteiger partial charge in [-0.05, 0) is 38.1 Å². The summed E-state index contributed by atoms with van der Waals surface area (Å²) in [7, 11) is 0. The number of aromatic nitrogens is 1. The second kappa shape index (κ2) is 6.33. The lowest BCUT2D eigenvalue weighted by Gasteiger charge is -2.31. The van der Waals surface area contributed by atoms with Crippen LogP contribution in [0.25, 0.3) is 0 Å². The standard InChI is InChI=1S/C15H24N2OS/c18-11-12-4-3-7-17(9-12)10-14-8-16-15(19-14)13-5-1-2-6-13/h8,12-13,18H,1-7,9-11H2. The molecule has 1 N–H and O–H groups in total. The number of likely N-dealkylation sites (tertiary alicyclic amines) is 1. The average Bonchev–Trinajstić information content (AvgIpc) is 3.09. The summed E-state index contributed by atoms with van der Waals surface area (Å²) in [5, 5.41) is 10.7. The van der Waals surface area contributed by atoms with E-state index in [2.05, 4.69) is 16.1 Å². The Morgan fingerprint density at radius 2 is 2.11 bits per heavy atom. The van der Waals surface area contributed by atoms with Gasteiger partial charge in [0.25, 0.3) is 0 Å². The third-order valence-corrected chi connectivity index (χ3v) is 5.66. The molecule has 0 bridgehead atoms. The van der Waals surface area contributed by atoms with Crippen molar-refractivity contribution in [1.29, 1.82) is 0 Å². The van der Waals surface area contributed by atoms with Crippen molar-refractivity contribution in [2.45, 2.75) is 51.0 Å². The molecule has 1 aliphatic heterocycles. The fourth-order valence-corrected chi connectivity index (χ4v) is 4.55. The van der Waals surface area contributed by atoms with Gasteiger partial charge in [0.2, 0.25) is 0 Å². The number of rotatable bonds is 4. The Balaban J connectivity index is 1.57. The van der Waals surface area contributed by atoms with Crippen molar-refractivity contribution in [3.63, 3.8) is 0 Å². The van der Waals surface area contributed by atoms with E-state index in [1.54, 1.807) is 0 Å². The second-order valence-electron chi connectivity index (χ2n) is 6.07. The molecule has 1 aliphatic carbocycles. The van der Waals surface area contributed by atoms with Crippen LogP contribution in [0.2, 0.25) is 0 Å². The molecule has 2 aliphatic rings. The smallest absolute Gasteiger partial charge is 0.0959 e. The minimum Gasteiger partial charge on any atom is -0.396 e. The third kappa shape index (κ3) is 3.36. The van der Waals surface area contributed by atoms with E-state index in [9.17, 15) is 5.11 Å². The maximum absolute atomic E-state index is 9.29. The van der Waals surface area contributed by atoms with E-state index in [4.69, 9.17) is 0 Å². The van der Waals surface area contributed by atoms with E-state index < -0.39 is 0 Å². The number of hydrogen-bond donors (Lipinski definition) is 1. The van der Waals surface area contributed by atoms with Crippen molar-refractivity contribution in [2.75, 3.05) is 19.7 Å². The molecule has 4 heteroatoms. The van der Waals surface area contributed by atoms with E-state index in [0.29, 0.717) is 12.5 Å². The first kappa shape index (κ1) is 13.5. The van der Waals surface area contributed by atoms with Crippen molar-refractivity contribution in [1.82, 2.24) is 9.88 Å². The summed E-state index contributed by atoms with van der Waals surface area (Å²) in [6.07, 6.45) is 9.92. The molecular formula is C15H24N2OS. The SMILES string of the molecule is OCC1CCCN(Cc2cnc(C3CCCC3)s2)C1. The second-order valence-corrected chi connectivity index (χ2v) is 7.22. The molecule has 2 fully saturated rings. The molecule has 19 heavy (non-hydrogen) atoms. The molecule has 2 heterocycles. The predicted molar refractivity (Wildman–Crippen MR) is 78.4 cm³/mol. The summed E-state index contributed by atoms with van der Waals surface area (Å²) in [5.41, 5.74) is 0. The zero-order valence-electron chi connectivity index (χ0n) is 11.6. The molecule has 106 valence electrons. The number of nitrogens with zero attached hydrogens (tertiary/aromatic N) is 2. The highest BCUT2D eigenvalue weighted by Crippen LogP contribution is 2.36. The number of piperidine rings is 1. The van der Waals surface area contributed by atoms with Crippen LogP contribution in [0.3, 0.4) is 0 Å². The Kier molecular flexibility index (Phi) is 4.51. The summed E-state index contributed by atoms with van der Waals surface area (Å²) < 4.78 is 0. The van der Waals surface area contributed by atoms with Crippen LogP contribution in [-0.4, -0.2) is 34.7 Å². The van der Waals surface area contributed by atoms with Gasteiger partial charge < -0.3 is 5.11 Å². The Labute approximate surface area is 119 Å².